The smallest absolute Gasteiger partial charge is 0.303 e. The molecular weight excluding hydrogens is 320 g/mol. The van der Waals surface area contributed by atoms with Gasteiger partial charge in [-0.1, -0.05) is 12.1 Å². The van der Waals surface area contributed by atoms with E-state index in [1.165, 1.54) is 12.1 Å². The summed E-state index contributed by atoms with van der Waals surface area (Å²) in [4.78, 5) is 12.4. The Bertz CT molecular complexity index is 691. The number of carbonyl (C=O) groups excluding carboxylic acids is 1. The maximum absolute atomic E-state index is 12.6. The molecule has 1 amide bonds. The number of hydrogen-bond acceptors (Lipinski definition) is 3. The largest absolute Gasteiger partial charge is 0.406 e. The molecule has 2 rings (SSSR count). The molecule has 0 unspecified atom stereocenters. The second-order valence-corrected chi connectivity index (χ2v) is 6.98. The van der Waals surface area contributed by atoms with Gasteiger partial charge in [0.15, 0.2) is 9.87 Å². The van der Waals surface area contributed by atoms with Gasteiger partial charge in [0.2, 0.25) is 5.91 Å². The van der Waals surface area contributed by atoms with E-state index >= 15 is 0 Å². The lowest BCUT2D eigenvalue weighted by Gasteiger charge is -2.30. The monoisotopic (exact) mass is 334 g/mol. The van der Waals surface area contributed by atoms with Crippen LogP contribution in [0.25, 0.3) is 0 Å². The molecule has 0 atom stereocenters. The molecule has 0 saturated carbocycles. The first-order chi connectivity index (χ1) is 10.1. The molecule has 0 radical (unpaired) electrons. The maximum Gasteiger partial charge on any atom is 0.406 e. The van der Waals surface area contributed by atoms with Crippen molar-refractivity contribution in [3.63, 3.8) is 0 Å². The average molecular weight is 334 g/mol. The number of nitrogens with one attached hydrogen (secondary N) is 1. The second-order valence-electron chi connectivity index (χ2n) is 5.15. The minimum Gasteiger partial charge on any atom is -0.303 e. The fourth-order valence-electron chi connectivity index (χ4n) is 2.29. The van der Waals surface area contributed by atoms with Crippen LogP contribution in [0.15, 0.2) is 18.2 Å². The molecule has 0 bridgehead atoms. The molecule has 0 aromatic heterocycles. The molecular formula is C12H14BF3N2O3S. The van der Waals surface area contributed by atoms with E-state index in [0.29, 0.717) is 17.5 Å². The first kappa shape index (κ1) is 16.8. The molecule has 0 spiro atoms. The van der Waals surface area contributed by atoms with E-state index in [1.807, 2.05) is 0 Å². The molecule has 10 heteroatoms. The van der Waals surface area contributed by atoms with Crippen molar-refractivity contribution in [1.29, 1.82) is 0 Å². The Morgan fingerprint density at radius 2 is 1.95 bits per heavy atom. The number of alkyl halides is 3. The van der Waals surface area contributed by atoms with Crippen molar-refractivity contribution >= 4 is 28.6 Å². The maximum atomic E-state index is 12.6. The van der Waals surface area contributed by atoms with Gasteiger partial charge in [-0.3, -0.25) is 4.79 Å². The third kappa shape index (κ3) is 4.47. The van der Waals surface area contributed by atoms with Gasteiger partial charge in [-0.15, -0.1) is 0 Å². The standard InChI is InChI=1S/C12H14BF3N2O3S/c13-22(20,21)17-6-8-1-3-10-9(5-8)2-4-11(19)18(10)7-12(14,15)16/h1,3,5,17H,2,4,6-7,13H2. The first-order valence-electron chi connectivity index (χ1n) is 6.49. The quantitative estimate of drug-likeness (QED) is 0.816. The van der Waals surface area contributed by atoms with Crippen LogP contribution in [0.5, 0.6) is 0 Å². The lowest BCUT2D eigenvalue weighted by molar-refractivity contribution is -0.132. The van der Waals surface area contributed by atoms with E-state index in [1.54, 1.807) is 6.07 Å². The Hall–Kier alpha value is -1.55. The molecule has 1 N–H and O–H groups in total. The van der Waals surface area contributed by atoms with E-state index in [4.69, 9.17) is 0 Å². The summed E-state index contributed by atoms with van der Waals surface area (Å²) in [6.45, 7) is -1.26. The highest BCUT2D eigenvalue weighted by molar-refractivity contribution is 8.10. The highest BCUT2D eigenvalue weighted by Gasteiger charge is 2.36. The zero-order chi connectivity index (χ0) is 16.5. The van der Waals surface area contributed by atoms with Crippen LogP contribution in [0.1, 0.15) is 17.5 Å². The van der Waals surface area contributed by atoms with Gasteiger partial charge in [-0.25, -0.2) is 13.1 Å². The van der Waals surface area contributed by atoms with Crippen molar-refractivity contribution in [2.24, 2.45) is 0 Å². The SMILES string of the molecule is BS(=O)(=O)NCc1ccc2c(c1)CCC(=O)N2CC(F)(F)F. The van der Waals surface area contributed by atoms with Gasteiger partial charge in [0, 0.05) is 18.7 Å². The highest BCUT2D eigenvalue weighted by Crippen LogP contribution is 2.31. The summed E-state index contributed by atoms with van der Waals surface area (Å²) in [6.07, 6.45) is -4.12. The summed E-state index contributed by atoms with van der Waals surface area (Å²) >= 11 is 0. The molecule has 5 nitrogen and oxygen atoms in total. The van der Waals surface area contributed by atoms with Crippen molar-refractivity contribution < 1.29 is 26.4 Å². The van der Waals surface area contributed by atoms with E-state index in [2.05, 4.69) is 4.72 Å². The molecule has 1 aliphatic rings. The van der Waals surface area contributed by atoms with E-state index in [0.717, 1.165) is 12.0 Å². The van der Waals surface area contributed by atoms with Crippen LogP contribution in [0.4, 0.5) is 18.9 Å². The van der Waals surface area contributed by atoms with E-state index < -0.39 is 28.5 Å². The lowest BCUT2D eigenvalue weighted by Crippen LogP contribution is -2.41. The second kappa shape index (κ2) is 5.92. The number of nitrogens with zero attached hydrogens (tertiary/aromatic N) is 1. The Kier molecular flexibility index (Phi) is 4.53. The summed E-state index contributed by atoms with van der Waals surface area (Å²) in [7, 11) is -2.33. The third-order valence-corrected chi connectivity index (χ3v) is 3.89. The summed E-state index contributed by atoms with van der Waals surface area (Å²) in [6, 6.07) is 4.57. The third-order valence-electron chi connectivity index (χ3n) is 3.22. The number of amides is 1. The predicted octanol–water partition coefficient (Wildman–Crippen LogP) is 0.496. The first-order valence-corrected chi connectivity index (χ1v) is 8.38. The molecule has 0 aliphatic carbocycles. The fourth-order valence-corrected chi connectivity index (χ4v) is 2.72. The predicted molar refractivity (Wildman–Crippen MR) is 77.5 cm³/mol. The number of fused-ring (bicyclic) bond motifs is 1. The molecule has 0 saturated heterocycles. The number of rotatable bonds is 4. The number of hydrogen-bond donors (Lipinski definition) is 1. The molecule has 1 aromatic rings. The minimum absolute atomic E-state index is 0.00599. The number of halogens is 3. The summed E-state index contributed by atoms with van der Waals surface area (Å²) in [5.74, 6) is -0.563. The molecule has 1 aliphatic heterocycles. The molecule has 22 heavy (non-hydrogen) atoms. The van der Waals surface area contributed by atoms with Crippen molar-refractivity contribution in [1.82, 2.24) is 4.72 Å². The topological polar surface area (TPSA) is 66.5 Å². The Morgan fingerprint density at radius 1 is 1.27 bits per heavy atom. The van der Waals surface area contributed by atoms with Gasteiger partial charge in [0.25, 0.3) is 7.12 Å². The van der Waals surface area contributed by atoms with Crippen molar-refractivity contribution in [3.8, 4) is 0 Å². The zero-order valence-corrected chi connectivity index (χ0v) is 12.6. The molecule has 120 valence electrons. The lowest BCUT2D eigenvalue weighted by atomic mass is 9.98. The number of carbonyl (C=O) groups is 1. The van der Waals surface area contributed by atoms with Crippen LogP contribution in [0, 0.1) is 0 Å². The van der Waals surface area contributed by atoms with Gasteiger partial charge in [0.1, 0.15) is 6.54 Å². The van der Waals surface area contributed by atoms with Crippen LogP contribution in [0.2, 0.25) is 0 Å². The van der Waals surface area contributed by atoms with E-state index in [9.17, 15) is 26.4 Å². The van der Waals surface area contributed by atoms with Crippen molar-refractivity contribution in [2.75, 3.05) is 11.4 Å². The molecule has 1 heterocycles. The minimum atomic E-state index is -4.47. The van der Waals surface area contributed by atoms with Gasteiger partial charge in [0.05, 0.1) is 0 Å². The van der Waals surface area contributed by atoms with Crippen LogP contribution < -0.4 is 9.62 Å². The van der Waals surface area contributed by atoms with Crippen LogP contribution >= 0.6 is 0 Å². The normalized spacial score (nSPS) is 15.8. The van der Waals surface area contributed by atoms with Gasteiger partial charge in [-0.2, -0.15) is 13.2 Å². The average Bonchev–Trinajstić information content (AvgIpc) is 2.37. The van der Waals surface area contributed by atoms with Crippen LogP contribution in [0.3, 0.4) is 0 Å². The number of benzene rings is 1. The summed E-state index contributed by atoms with van der Waals surface area (Å²) < 4.78 is 62.1. The zero-order valence-electron chi connectivity index (χ0n) is 11.8. The Labute approximate surface area is 126 Å². The number of anilines is 1. The fraction of sp³-hybridized carbons (Fsp3) is 0.417. The van der Waals surface area contributed by atoms with E-state index in [-0.39, 0.29) is 18.7 Å². The van der Waals surface area contributed by atoms with Crippen molar-refractivity contribution in [3.05, 3.63) is 29.3 Å². The van der Waals surface area contributed by atoms with Gasteiger partial charge in [-0.05, 0) is 23.6 Å². The van der Waals surface area contributed by atoms with Gasteiger partial charge >= 0.3 is 6.18 Å². The summed E-state index contributed by atoms with van der Waals surface area (Å²) in [5.41, 5.74) is 1.47. The van der Waals surface area contributed by atoms with Crippen LogP contribution in [-0.2, 0) is 27.6 Å². The Morgan fingerprint density at radius 3 is 2.55 bits per heavy atom. The van der Waals surface area contributed by atoms with Gasteiger partial charge < -0.3 is 4.90 Å². The Balaban J connectivity index is 2.24. The summed E-state index contributed by atoms with van der Waals surface area (Å²) in [5, 5.41) is 0. The number of aryl methyl sites for hydroxylation is 1. The van der Waals surface area contributed by atoms with Crippen molar-refractivity contribution in [2.45, 2.75) is 25.6 Å². The molecule has 1 aromatic carbocycles. The van der Waals surface area contributed by atoms with Crippen LogP contribution in [-0.4, -0.2) is 34.2 Å². The highest BCUT2D eigenvalue weighted by atomic mass is 32.2. The molecule has 0 fully saturated rings.